The third-order valence-corrected chi connectivity index (χ3v) is 4.37. The predicted octanol–water partition coefficient (Wildman–Crippen LogP) is 4.18. The first kappa shape index (κ1) is 14.1. The third kappa shape index (κ3) is 3.81. The quantitative estimate of drug-likeness (QED) is 0.824. The van der Waals surface area contributed by atoms with E-state index in [4.69, 9.17) is 5.26 Å². The molecule has 2 heteroatoms. The Balaban J connectivity index is 1.98. The van der Waals surface area contributed by atoms with Crippen molar-refractivity contribution in [2.75, 3.05) is 0 Å². The molecule has 1 N–H and O–H groups in total. The van der Waals surface area contributed by atoms with Crippen LogP contribution in [0.1, 0.15) is 63.1 Å². The minimum atomic E-state index is 0.360. The van der Waals surface area contributed by atoms with E-state index in [0.29, 0.717) is 12.1 Å². The summed E-state index contributed by atoms with van der Waals surface area (Å²) < 4.78 is 0. The van der Waals surface area contributed by atoms with E-state index in [2.05, 4.69) is 37.4 Å². The first-order chi connectivity index (χ1) is 9.20. The second-order valence-electron chi connectivity index (χ2n) is 5.84. The number of benzene rings is 1. The normalized spacial score (nSPS) is 25.3. The van der Waals surface area contributed by atoms with Crippen molar-refractivity contribution in [1.29, 1.82) is 5.26 Å². The standard InChI is InChI=1S/C17H24N2/c1-13-6-4-3-5-7-17(13)19-14(2)16-10-8-15(12-18)9-11-16/h8-11,13-14,17,19H,3-7H2,1-2H3. The summed E-state index contributed by atoms with van der Waals surface area (Å²) in [6, 6.07) is 11.1. The molecular formula is C17H24N2. The minimum absolute atomic E-state index is 0.360. The van der Waals surface area contributed by atoms with Gasteiger partial charge in [-0.05, 0) is 43.4 Å². The Morgan fingerprint density at radius 2 is 1.84 bits per heavy atom. The van der Waals surface area contributed by atoms with E-state index < -0.39 is 0 Å². The molecule has 0 saturated heterocycles. The van der Waals surface area contributed by atoms with Gasteiger partial charge in [0.1, 0.15) is 0 Å². The van der Waals surface area contributed by atoms with Crippen molar-refractivity contribution >= 4 is 0 Å². The Labute approximate surface area is 116 Å². The molecule has 0 spiro atoms. The predicted molar refractivity (Wildman–Crippen MR) is 78.7 cm³/mol. The molecule has 1 aromatic rings. The smallest absolute Gasteiger partial charge is 0.0991 e. The summed E-state index contributed by atoms with van der Waals surface area (Å²) in [6.45, 7) is 4.59. The monoisotopic (exact) mass is 256 g/mol. The zero-order chi connectivity index (χ0) is 13.7. The molecule has 102 valence electrons. The summed E-state index contributed by atoms with van der Waals surface area (Å²) in [4.78, 5) is 0. The van der Waals surface area contributed by atoms with Crippen LogP contribution in [0.25, 0.3) is 0 Å². The molecule has 1 aliphatic rings. The molecule has 0 amide bonds. The van der Waals surface area contributed by atoms with Crippen LogP contribution in [0, 0.1) is 17.2 Å². The zero-order valence-corrected chi connectivity index (χ0v) is 12.0. The summed E-state index contributed by atoms with van der Waals surface area (Å²) in [5.41, 5.74) is 2.01. The molecule has 0 bridgehead atoms. The molecule has 1 aliphatic carbocycles. The van der Waals surface area contributed by atoms with E-state index in [9.17, 15) is 0 Å². The lowest BCUT2D eigenvalue weighted by atomic mass is 9.95. The highest BCUT2D eigenvalue weighted by molar-refractivity contribution is 5.32. The number of hydrogen-bond donors (Lipinski definition) is 1. The maximum Gasteiger partial charge on any atom is 0.0991 e. The third-order valence-electron chi connectivity index (χ3n) is 4.37. The maximum absolute atomic E-state index is 8.83. The van der Waals surface area contributed by atoms with Crippen molar-refractivity contribution in [3.05, 3.63) is 35.4 Å². The molecule has 3 atom stereocenters. The van der Waals surface area contributed by atoms with Crippen molar-refractivity contribution in [2.45, 2.75) is 58.0 Å². The van der Waals surface area contributed by atoms with Gasteiger partial charge in [-0.3, -0.25) is 0 Å². The van der Waals surface area contributed by atoms with Gasteiger partial charge in [0.25, 0.3) is 0 Å². The fourth-order valence-electron chi connectivity index (χ4n) is 3.00. The molecule has 1 fully saturated rings. The van der Waals surface area contributed by atoms with Crippen LogP contribution >= 0.6 is 0 Å². The number of nitriles is 1. The van der Waals surface area contributed by atoms with Crippen LogP contribution in [0.15, 0.2) is 24.3 Å². The lowest BCUT2D eigenvalue weighted by Crippen LogP contribution is -2.36. The van der Waals surface area contributed by atoms with Crippen molar-refractivity contribution in [3.63, 3.8) is 0 Å². The number of rotatable bonds is 3. The average Bonchev–Trinajstić information content (AvgIpc) is 2.64. The van der Waals surface area contributed by atoms with Crippen LogP contribution in [0.4, 0.5) is 0 Å². The topological polar surface area (TPSA) is 35.8 Å². The average molecular weight is 256 g/mol. The van der Waals surface area contributed by atoms with E-state index in [1.54, 1.807) is 0 Å². The Kier molecular flexibility index (Phi) is 4.99. The molecule has 2 rings (SSSR count). The second kappa shape index (κ2) is 6.73. The van der Waals surface area contributed by atoms with Gasteiger partial charge < -0.3 is 5.32 Å². The number of hydrogen-bond acceptors (Lipinski definition) is 2. The highest BCUT2D eigenvalue weighted by Gasteiger charge is 2.21. The maximum atomic E-state index is 8.83. The van der Waals surface area contributed by atoms with Crippen molar-refractivity contribution in [1.82, 2.24) is 5.32 Å². The van der Waals surface area contributed by atoms with Crippen LogP contribution in [0.5, 0.6) is 0 Å². The molecule has 0 radical (unpaired) electrons. The van der Waals surface area contributed by atoms with E-state index in [0.717, 1.165) is 11.5 Å². The van der Waals surface area contributed by atoms with Crippen LogP contribution in [0.3, 0.4) is 0 Å². The van der Waals surface area contributed by atoms with Gasteiger partial charge in [0, 0.05) is 12.1 Å². The van der Waals surface area contributed by atoms with Crippen molar-refractivity contribution in [3.8, 4) is 6.07 Å². The lowest BCUT2D eigenvalue weighted by molar-refractivity contribution is 0.330. The summed E-state index contributed by atoms with van der Waals surface area (Å²) in [7, 11) is 0. The fraction of sp³-hybridized carbons (Fsp3) is 0.588. The Morgan fingerprint density at radius 3 is 2.53 bits per heavy atom. The van der Waals surface area contributed by atoms with E-state index in [-0.39, 0.29) is 0 Å². The highest BCUT2D eigenvalue weighted by Crippen LogP contribution is 2.25. The SMILES string of the molecule is CC(NC1CCCCCC1C)c1ccc(C#N)cc1. The van der Waals surface area contributed by atoms with Gasteiger partial charge in [0.2, 0.25) is 0 Å². The number of nitrogens with one attached hydrogen (secondary N) is 1. The van der Waals surface area contributed by atoms with E-state index in [1.165, 1.54) is 37.7 Å². The van der Waals surface area contributed by atoms with Crippen molar-refractivity contribution in [2.24, 2.45) is 5.92 Å². The Morgan fingerprint density at radius 1 is 1.16 bits per heavy atom. The van der Waals surface area contributed by atoms with Gasteiger partial charge in [0.15, 0.2) is 0 Å². The van der Waals surface area contributed by atoms with Gasteiger partial charge in [-0.15, -0.1) is 0 Å². The largest absolute Gasteiger partial charge is 0.307 e. The molecule has 0 aliphatic heterocycles. The molecule has 3 unspecified atom stereocenters. The van der Waals surface area contributed by atoms with Crippen LogP contribution in [-0.4, -0.2) is 6.04 Å². The minimum Gasteiger partial charge on any atom is -0.307 e. The molecular weight excluding hydrogens is 232 g/mol. The van der Waals surface area contributed by atoms with E-state index >= 15 is 0 Å². The van der Waals surface area contributed by atoms with Crippen LogP contribution in [0.2, 0.25) is 0 Å². The van der Waals surface area contributed by atoms with Gasteiger partial charge in [-0.2, -0.15) is 5.26 Å². The van der Waals surface area contributed by atoms with Gasteiger partial charge in [0.05, 0.1) is 11.6 Å². The molecule has 2 nitrogen and oxygen atoms in total. The molecule has 0 aromatic heterocycles. The van der Waals surface area contributed by atoms with Gasteiger partial charge in [-0.1, -0.05) is 38.3 Å². The van der Waals surface area contributed by atoms with Gasteiger partial charge in [-0.25, -0.2) is 0 Å². The molecule has 0 heterocycles. The Bertz CT molecular complexity index is 430. The molecule has 1 saturated carbocycles. The first-order valence-corrected chi connectivity index (χ1v) is 7.47. The molecule has 1 aromatic carbocycles. The lowest BCUT2D eigenvalue weighted by Gasteiger charge is -2.27. The second-order valence-corrected chi connectivity index (χ2v) is 5.84. The number of nitrogens with zero attached hydrogens (tertiary/aromatic N) is 1. The van der Waals surface area contributed by atoms with Crippen LogP contribution < -0.4 is 5.32 Å². The van der Waals surface area contributed by atoms with Crippen molar-refractivity contribution < 1.29 is 0 Å². The van der Waals surface area contributed by atoms with E-state index in [1.807, 2.05) is 12.1 Å². The summed E-state index contributed by atoms with van der Waals surface area (Å²) in [5.74, 6) is 0.767. The van der Waals surface area contributed by atoms with Gasteiger partial charge >= 0.3 is 0 Å². The summed E-state index contributed by atoms with van der Waals surface area (Å²) >= 11 is 0. The summed E-state index contributed by atoms with van der Waals surface area (Å²) in [5, 5.41) is 12.6. The van der Waals surface area contributed by atoms with Crippen LogP contribution in [-0.2, 0) is 0 Å². The summed E-state index contributed by atoms with van der Waals surface area (Å²) in [6.07, 6.45) is 6.75. The highest BCUT2D eigenvalue weighted by atomic mass is 14.9. The first-order valence-electron chi connectivity index (χ1n) is 7.47. The molecule has 19 heavy (non-hydrogen) atoms. The zero-order valence-electron chi connectivity index (χ0n) is 12.0. The fourth-order valence-corrected chi connectivity index (χ4v) is 3.00. The Hall–Kier alpha value is -1.33.